The molecule has 0 aromatic carbocycles. The van der Waals surface area contributed by atoms with E-state index in [1.807, 2.05) is 0 Å². The average molecular weight is 181 g/mol. The van der Waals surface area contributed by atoms with E-state index in [0.29, 0.717) is 12.0 Å². The lowest BCUT2D eigenvalue weighted by Crippen LogP contribution is -2.40. The van der Waals surface area contributed by atoms with Gasteiger partial charge in [-0.1, -0.05) is 26.8 Å². The zero-order chi connectivity index (χ0) is 9.84. The summed E-state index contributed by atoms with van der Waals surface area (Å²) in [4.78, 5) is 2.64. The molecule has 76 valence electrons. The third-order valence-corrected chi connectivity index (χ3v) is 3.16. The second-order valence-electron chi connectivity index (χ2n) is 4.57. The summed E-state index contributed by atoms with van der Waals surface area (Å²) >= 11 is 0. The normalized spacial score (nSPS) is 23.4. The average Bonchev–Trinajstić information content (AvgIpc) is 2.56. The molecule has 0 aromatic heterocycles. The minimum absolute atomic E-state index is 0.623. The van der Waals surface area contributed by atoms with E-state index in [4.69, 9.17) is 0 Å². The van der Waals surface area contributed by atoms with Gasteiger partial charge < -0.3 is 0 Å². The first-order valence-corrected chi connectivity index (χ1v) is 5.53. The van der Waals surface area contributed by atoms with Gasteiger partial charge in [0.2, 0.25) is 0 Å². The number of hydrogen-bond acceptors (Lipinski definition) is 1. The molecule has 1 saturated heterocycles. The second kappa shape index (κ2) is 4.80. The Morgan fingerprint density at radius 3 is 2.08 bits per heavy atom. The molecule has 1 aliphatic heterocycles. The van der Waals surface area contributed by atoms with Gasteiger partial charge in [0.1, 0.15) is 0 Å². The largest absolute Gasteiger partial charge is 0.300 e. The molecular formula is C12H23N. The third kappa shape index (κ3) is 2.57. The van der Waals surface area contributed by atoms with Gasteiger partial charge in [0.15, 0.2) is 0 Å². The number of nitrogens with zero attached hydrogens (tertiary/aromatic N) is 1. The Labute approximate surface area is 82.8 Å². The molecule has 1 heterocycles. The first-order chi connectivity index (χ1) is 6.16. The van der Waals surface area contributed by atoms with Crippen LogP contribution in [0.2, 0.25) is 0 Å². The molecule has 0 N–H and O–H groups in total. The van der Waals surface area contributed by atoms with E-state index in [9.17, 15) is 0 Å². The maximum atomic E-state index is 3.91. The van der Waals surface area contributed by atoms with Crippen molar-refractivity contribution in [2.24, 2.45) is 11.8 Å². The maximum absolute atomic E-state index is 3.91. The Morgan fingerprint density at radius 1 is 1.15 bits per heavy atom. The van der Waals surface area contributed by atoms with Crippen molar-refractivity contribution in [1.29, 1.82) is 0 Å². The molecule has 0 amide bonds. The van der Waals surface area contributed by atoms with E-state index in [0.717, 1.165) is 5.92 Å². The molecule has 1 aliphatic rings. The van der Waals surface area contributed by atoms with Crippen LogP contribution in [-0.4, -0.2) is 24.0 Å². The molecule has 1 rings (SSSR count). The lowest BCUT2D eigenvalue weighted by molar-refractivity contribution is 0.156. The number of hydrogen-bond donors (Lipinski definition) is 0. The monoisotopic (exact) mass is 181 g/mol. The molecule has 1 heteroatoms. The fraction of sp³-hybridized carbons (Fsp3) is 0.833. The third-order valence-electron chi connectivity index (χ3n) is 3.16. The Morgan fingerprint density at radius 2 is 1.69 bits per heavy atom. The summed E-state index contributed by atoms with van der Waals surface area (Å²) in [6.45, 7) is 13.4. The zero-order valence-corrected chi connectivity index (χ0v) is 9.29. The molecule has 0 unspecified atom stereocenters. The van der Waals surface area contributed by atoms with Crippen molar-refractivity contribution in [2.45, 2.75) is 39.7 Å². The molecule has 2 atom stereocenters. The van der Waals surface area contributed by atoms with Gasteiger partial charge in [0, 0.05) is 6.04 Å². The first-order valence-electron chi connectivity index (χ1n) is 5.53. The molecular weight excluding hydrogens is 158 g/mol. The SMILES string of the molecule is C=C[C@@H](C)[C@H](C(C)C)N1CCCC1. The molecule has 0 bridgehead atoms. The van der Waals surface area contributed by atoms with E-state index in [-0.39, 0.29) is 0 Å². The van der Waals surface area contributed by atoms with Crippen LogP contribution in [0, 0.1) is 11.8 Å². The van der Waals surface area contributed by atoms with Crippen LogP contribution in [0.3, 0.4) is 0 Å². The Hall–Kier alpha value is -0.300. The molecule has 13 heavy (non-hydrogen) atoms. The van der Waals surface area contributed by atoms with Crippen molar-refractivity contribution in [3.05, 3.63) is 12.7 Å². The molecule has 0 spiro atoms. The minimum Gasteiger partial charge on any atom is -0.300 e. The fourth-order valence-electron chi connectivity index (χ4n) is 2.54. The summed E-state index contributed by atoms with van der Waals surface area (Å²) in [7, 11) is 0. The molecule has 0 radical (unpaired) electrons. The maximum Gasteiger partial charge on any atom is 0.0178 e. The van der Waals surface area contributed by atoms with Gasteiger partial charge in [-0.15, -0.1) is 6.58 Å². The Kier molecular flexibility index (Phi) is 3.98. The number of rotatable bonds is 4. The van der Waals surface area contributed by atoms with E-state index in [2.05, 4.69) is 38.3 Å². The van der Waals surface area contributed by atoms with Crippen molar-refractivity contribution in [2.75, 3.05) is 13.1 Å². The molecule has 0 aromatic rings. The first kappa shape index (κ1) is 10.8. The highest BCUT2D eigenvalue weighted by molar-refractivity contribution is 4.90. The van der Waals surface area contributed by atoms with Crippen LogP contribution < -0.4 is 0 Å². The van der Waals surface area contributed by atoms with Crippen molar-refractivity contribution in [3.8, 4) is 0 Å². The van der Waals surface area contributed by atoms with Crippen LogP contribution in [0.5, 0.6) is 0 Å². The van der Waals surface area contributed by atoms with Crippen LogP contribution >= 0.6 is 0 Å². The van der Waals surface area contributed by atoms with Crippen molar-refractivity contribution < 1.29 is 0 Å². The molecule has 0 aliphatic carbocycles. The van der Waals surface area contributed by atoms with Crippen LogP contribution in [0.1, 0.15) is 33.6 Å². The summed E-state index contributed by atoms with van der Waals surface area (Å²) in [6, 6.07) is 0.708. The summed E-state index contributed by atoms with van der Waals surface area (Å²) in [6.07, 6.45) is 4.86. The summed E-state index contributed by atoms with van der Waals surface area (Å²) in [5.74, 6) is 1.36. The van der Waals surface area contributed by atoms with Gasteiger partial charge in [0.25, 0.3) is 0 Å². The van der Waals surface area contributed by atoms with E-state index < -0.39 is 0 Å². The van der Waals surface area contributed by atoms with Crippen LogP contribution in [0.15, 0.2) is 12.7 Å². The van der Waals surface area contributed by atoms with Gasteiger partial charge in [-0.2, -0.15) is 0 Å². The van der Waals surface area contributed by atoms with Gasteiger partial charge in [0.05, 0.1) is 0 Å². The van der Waals surface area contributed by atoms with Crippen LogP contribution in [0.25, 0.3) is 0 Å². The van der Waals surface area contributed by atoms with Gasteiger partial charge in [-0.05, 0) is 37.8 Å². The lowest BCUT2D eigenvalue weighted by Gasteiger charge is -2.34. The Bertz CT molecular complexity index is 157. The van der Waals surface area contributed by atoms with Crippen molar-refractivity contribution in [1.82, 2.24) is 4.90 Å². The molecule has 0 saturated carbocycles. The number of likely N-dealkylation sites (tertiary alicyclic amines) is 1. The highest BCUT2D eigenvalue weighted by Gasteiger charge is 2.27. The van der Waals surface area contributed by atoms with Crippen molar-refractivity contribution in [3.63, 3.8) is 0 Å². The predicted molar refractivity (Wildman–Crippen MR) is 58.8 cm³/mol. The minimum atomic E-state index is 0.623. The lowest BCUT2D eigenvalue weighted by atomic mass is 9.90. The fourth-order valence-corrected chi connectivity index (χ4v) is 2.54. The summed E-state index contributed by atoms with van der Waals surface area (Å²) in [5, 5.41) is 0. The van der Waals surface area contributed by atoms with Crippen LogP contribution in [-0.2, 0) is 0 Å². The zero-order valence-electron chi connectivity index (χ0n) is 9.29. The van der Waals surface area contributed by atoms with Gasteiger partial charge in [-0.25, -0.2) is 0 Å². The van der Waals surface area contributed by atoms with Gasteiger partial charge in [-0.3, -0.25) is 4.90 Å². The second-order valence-corrected chi connectivity index (χ2v) is 4.57. The standard InChI is InChI=1S/C12H23N/c1-5-11(4)12(10(2)3)13-8-6-7-9-13/h5,10-12H,1,6-9H2,2-4H3/t11-,12+/m1/s1. The Balaban J connectivity index is 2.60. The van der Waals surface area contributed by atoms with Crippen LogP contribution in [0.4, 0.5) is 0 Å². The summed E-state index contributed by atoms with van der Waals surface area (Å²) < 4.78 is 0. The van der Waals surface area contributed by atoms with Crippen molar-refractivity contribution >= 4 is 0 Å². The molecule has 1 nitrogen and oxygen atoms in total. The molecule has 1 fully saturated rings. The van der Waals surface area contributed by atoms with Gasteiger partial charge >= 0.3 is 0 Å². The smallest absolute Gasteiger partial charge is 0.0178 e. The van der Waals surface area contributed by atoms with E-state index >= 15 is 0 Å². The van der Waals surface area contributed by atoms with E-state index in [1.54, 1.807) is 0 Å². The quantitative estimate of drug-likeness (QED) is 0.603. The highest BCUT2D eigenvalue weighted by atomic mass is 15.2. The topological polar surface area (TPSA) is 3.24 Å². The van der Waals surface area contributed by atoms with E-state index in [1.165, 1.54) is 25.9 Å². The predicted octanol–water partition coefficient (Wildman–Crippen LogP) is 2.93. The summed E-state index contributed by atoms with van der Waals surface area (Å²) in [5.41, 5.74) is 0. The highest BCUT2D eigenvalue weighted by Crippen LogP contribution is 2.24.